The second-order valence-corrected chi connectivity index (χ2v) is 6.40. The quantitative estimate of drug-likeness (QED) is 0.307. The van der Waals surface area contributed by atoms with Gasteiger partial charge in [-0.2, -0.15) is 5.01 Å². The molecule has 160 valence electrons. The van der Waals surface area contributed by atoms with Crippen molar-refractivity contribution in [2.75, 3.05) is 0 Å². The van der Waals surface area contributed by atoms with Gasteiger partial charge in [-0.05, 0) is 24.3 Å². The molecule has 0 saturated heterocycles. The highest BCUT2D eigenvalue weighted by Gasteiger charge is 2.36. The molecular formula is C20H17N3O8. The molecular weight excluding hydrogens is 410 g/mol. The number of nitro groups is 1. The second-order valence-electron chi connectivity index (χ2n) is 6.40. The van der Waals surface area contributed by atoms with Crippen LogP contribution in [0.5, 0.6) is 11.5 Å². The van der Waals surface area contributed by atoms with Crippen LogP contribution in [0.25, 0.3) is 0 Å². The summed E-state index contributed by atoms with van der Waals surface area (Å²) < 4.78 is 16.2. The van der Waals surface area contributed by atoms with Gasteiger partial charge < -0.3 is 14.2 Å². The molecule has 0 fully saturated rings. The SMILES string of the molecule is CC(=O)Oc1cccc([C@H]2OC(c3ccc([N+](=O)[O-])cc3)=NN2C(C)=O)c1OC(C)=O. The van der Waals surface area contributed by atoms with E-state index in [0.717, 1.165) is 5.01 Å². The monoisotopic (exact) mass is 427 g/mol. The minimum atomic E-state index is -1.13. The van der Waals surface area contributed by atoms with Crippen molar-refractivity contribution in [2.45, 2.75) is 27.0 Å². The molecule has 0 bridgehead atoms. The van der Waals surface area contributed by atoms with Crippen molar-refractivity contribution < 1.29 is 33.5 Å². The number of non-ortho nitro benzene ring substituents is 1. The molecule has 0 radical (unpaired) electrons. The minimum absolute atomic E-state index is 0.0294. The zero-order chi connectivity index (χ0) is 22.7. The Hall–Kier alpha value is -4.28. The third-order valence-corrected chi connectivity index (χ3v) is 4.07. The van der Waals surface area contributed by atoms with Crippen LogP contribution in [0.4, 0.5) is 5.69 Å². The van der Waals surface area contributed by atoms with Crippen LogP contribution >= 0.6 is 0 Å². The summed E-state index contributed by atoms with van der Waals surface area (Å²) in [7, 11) is 0. The predicted octanol–water partition coefficient (Wildman–Crippen LogP) is 2.68. The maximum atomic E-state index is 12.2. The number of nitrogens with zero attached hydrogens (tertiary/aromatic N) is 3. The van der Waals surface area contributed by atoms with E-state index in [1.165, 1.54) is 63.2 Å². The summed E-state index contributed by atoms with van der Waals surface area (Å²) in [4.78, 5) is 45.6. The number of hydrogen-bond acceptors (Lipinski definition) is 9. The molecule has 0 spiro atoms. The number of ether oxygens (including phenoxy) is 3. The maximum absolute atomic E-state index is 12.2. The van der Waals surface area contributed by atoms with Crippen molar-refractivity contribution >= 4 is 29.4 Å². The lowest BCUT2D eigenvalue weighted by Crippen LogP contribution is -2.26. The Morgan fingerprint density at radius 3 is 2.23 bits per heavy atom. The lowest BCUT2D eigenvalue weighted by Gasteiger charge is -2.22. The number of esters is 2. The van der Waals surface area contributed by atoms with Crippen molar-refractivity contribution in [3.63, 3.8) is 0 Å². The molecule has 1 heterocycles. The highest BCUT2D eigenvalue weighted by molar-refractivity contribution is 5.96. The first-order valence-corrected chi connectivity index (χ1v) is 8.97. The number of amides is 1. The molecule has 1 atom stereocenters. The van der Waals surface area contributed by atoms with E-state index in [4.69, 9.17) is 14.2 Å². The fraction of sp³-hybridized carbons (Fsp3) is 0.200. The smallest absolute Gasteiger partial charge is 0.308 e. The third-order valence-electron chi connectivity index (χ3n) is 4.07. The van der Waals surface area contributed by atoms with Crippen LogP contribution in [-0.2, 0) is 19.1 Å². The number of para-hydroxylation sites is 1. The summed E-state index contributed by atoms with van der Waals surface area (Å²) in [6.07, 6.45) is -1.13. The van der Waals surface area contributed by atoms with Crippen LogP contribution in [0.1, 0.15) is 38.1 Å². The molecule has 0 aromatic heterocycles. The number of benzene rings is 2. The third kappa shape index (κ3) is 4.66. The number of nitro benzene ring substituents is 1. The molecule has 2 aromatic carbocycles. The summed E-state index contributed by atoms with van der Waals surface area (Å²) >= 11 is 0. The largest absolute Gasteiger partial charge is 0.446 e. The van der Waals surface area contributed by atoms with Crippen LogP contribution in [0.3, 0.4) is 0 Å². The minimum Gasteiger partial charge on any atom is -0.446 e. The Morgan fingerprint density at radius 2 is 1.68 bits per heavy atom. The molecule has 2 aromatic rings. The molecule has 11 heteroatoms. The average molecular weight is 427 g/mol. The van der Waals surface area contributed by atoms with E-state index >= 15 is 0 Å². The van der Waals surface area contributed by atoms with E-state index in [9.17, 15) is 24.5 Å². The van der Waals surface area contributed by atoms with Crippen LogP contribution in [0, 0.1) is 10.1 Å². The Morgan fingerprint density at radius 1 is 1.03 bits per heavy atom. The molecule has 3 rings (SSSR count). The van der Waals surface area contributed by atoms with Gasteiger partial charge in [-0.25, -0.2) is 0 Å². The van der Waals surface area contributed by atoms with Gasteiger partial charge in [0.2, 0.25) is 18.0 Å². The molecule has 1 aliphatic rings. The highest BCUT2D eigenvalue weighted by Crippen LogP contribution is 2.41. The lowest BCUT2D eigenvalue weighted by molar-refractivity contribution is -0.384. The molecule has 31 heavy (non-hydrogen) atoms. The molecule has 11 nitrogen and oxygen atoms in total. The molecule has 1 amide bonds. The fourth-order valence-corrected chi connectivity index (χ4v) is 2.83. The Labute approximate surface area is 176 Å². The van der Waals surface area contributed by atoms with Gasteiger partial charge in [-0.3, -0.25) is 24.5 Å². The average Bonchev–Trinajstić information content (AvgIpc) is 3.14. The Balaban J connectivity index is 2.02. The van der Waals surface area contributed by atoms with E-state index in [1.807, 2.05) is 0 Å². The van der Waals surface area contributed by atoms with Gasteiger partial charge in [0, 0.05) is 38.5 Å². The second kappa shape index (κ2) is 8.61. The molecule has 1 aliphatic heterocycles. The normalized spacial score (nSPS) is 15.0. The molecule has 0 aliphatic carbocycles. The molecule has 0 unspecified atom stereocenters. The predicted molar refractivity (Wildman–Crippen MR) is 105 cm³/mol. The van der Waals surface area contributed by atoms with Crippen molar-refractivity contribution in [3.05, 3.63) is 63.7 Å². The van der Waals surface area contributed by atoms with Crippen molar-refractivity contribution in [2.24, 2.45) is 5.10 Å². The number of carbonyl (C=O) groups is 3. The maximum Gasteiger partial charge on any atom is 0.308 e. The molecule has 0 saturated carbocycles. The number of rotatable bonds is 5. The standard InChI is InChI=1S/C20H17N3O8/c1-11(24)22-20(31-19(21-22)14-7-9-15(10-8-14)23(27)28)16-5-4-6-17(29-12(2)25)18(16)30-13(3)26/h4-10,20H,1-3H3/t20-/m1/s1. The van der Waals surface area contributed by atoms with Gasteiger partial charge in [-0.15, -0.1) is 5.10 Å². The van der Waals surface area contributed by atoms with Crippen molar-refractivity contribution in [1.29, 1.82) is 0 Å². The first kappa shape index (κ1) is 21.4. The first-order chi connectivity index (χ1) is 14.7. The van der Waals surface area contributed by atoms with E-state index in [1.54, 1.807) is 0 Å². The zero-order valence-electron chi connectivity index (χ0n) is 16.7. The number of carbonyl (C=O) groups excluding carboxylic acids is 3. The van der Waals surface area contributed by atoms with Gasteiger partial charge in [0.1, 0.15) is 0 Å². The van der Waals surface area contributed by atoms with E-state index < -0.39 is 29.0 Å². The van der Waals surface area contributed by atoms with Crippen LogP contribution in [0.15, 0.2) is 47.6 Å². The van der Waals surface area contributed by atoms with E-state index in [0.29, 0.717) is 5.56 Å². The number of hydrogen-bond donors (Lipinski definition) is 0. The summed E-state index contributed by atoms with van der Waals surface area (Å²) in [6.45, 7) is 3.62. The summed E-state index contributed by atoms with van der Waals surface area (Å²) in [5.41, 5.74) is 0.489. The van der Waals surface area contributed by atoms with Gasteiger partial charge in [0.25, 0.3) is 5.69 Å². The topological polar surface area (TPSA) is 138 Å². The summed E-state index contributed by atoms with van der Waals surface area (Å²) in [6, 6.07) is 9.90. The Bertz CT molecular complexity index is 1090. The lowest BCUT2D eigenvalue weighted by atomic mass is 10.1. The van der Waals surface area contributed by atoms with Crippen molar-refractivity contribution in [1.82, 2.24) is 5.01 Å². The number of hydrazone groups is 1. The fourth-order valence-electron chi connectivity index (χ4n) is 2.83. The van der Waals surface area contributed by atoms with Crippen LogP contribution in [-0.4, -0.2) is 33.7 Å². The van der Waals surface area contributed by atoms with Gasteiger partial charge >= 0.3 is 11.9 Å². The van der Waals surface area contributed by atoms with Crippen molar-refractivity contribution in [3.8, 4) is 11.5 Å². The Kier molecular flexibility index (Phi) is 5.95. The summed E-state index contributed by atoms with van der Waals surface area (Å²) in [5.74, 6) is -1.89. The summed E-state index contributed by atoms with van der Waals surface area (Å²) in [5, 5.41) is 16.0. The van der Waals surface area contributed by atoms with Gasteiger partial charge in [0.05, 0.1) is 10.5 Å². The zero-order valence-corrected chi connectivity index (χ0v) is 16.7. The van der Waals surface area contributed by atoms with Crippen LogP contribution < -0.4 is 9.47 Å². The highest BCUT2D eigenvalue weighted by atomic mass is 16.6. The first-order valence-electron chi connectivity index (χ1n) is 8.97. The van der Waals surface area contributed by atoms with Gasteiger partial charge in [0.15, 0.2) is 11.5 Å². The van der Waals surface area contributed by atoms with E-state index in [-0.39, 0.29) is 28.6 Å². The van der Waals surface area contributed by atoms with Crippen LogP contribution in [0.2, 0.25) is 0 Å². The molecule has 0 N–H and O–H groups in total. The van der Waals surface area contributed by atoms with Gasteiger partial charge in [-0.1, -0.05) is 6.07 Å². The van der Waals surface area contributed by atoms with E-state index in [2.05, 4.69) is 5.10 Å².